The lowest BCUT2D eigenvalue weighted by atomic mass is 10.2. The Hall–Kier alpha value is -0.970. The Morgan fingerprint density at radius 1 is 1.44 bits per heavy atom. The zero-order chi connectivity index (χ0) is 12.5. The third-order valence-electron chi connectivity index (χ3n) is 3.10. The van der Waals surface area contributed by atoms with Gasteiger partial charge in [0.25, 0.3) is 0 Å². The number of rotatable bonds is 2. The van der Waals surface area contributed by atoms with Crippen LogP contribution in [0.15, 0.2) is 23.6 Å². The summed E-state index contributed by atoms with van der Waals surface area (Å²) in [5, 5.41) is 6.52. The topological polar surface area (TPSA) is 24.9 Å². The average molecular weight is 283 g/mol. The highest BCUT2D eigenvalue weighted by atomic mass is 35.5. The number of hydrogen-bond donors (Lipinski definition) is 1. The molecule has 0 unspecified atom stereocenters. The number of nitrogens with one attached hydrogen (secondary N) is 1. The van der Waals surface area contributed by atoms with Crippen LogP contribution in [-0.4, -0.2) is 11.5 Å². The summed E-state index contributed by atoms with van der Waals surface area (Å²) in [5.41, 5.74) is 1.54. The monoisotopic (exact) mass is 282 g/mol. The minimum atomic E-state index is -0.317. The molecule has 0 amide bonds. The van der Waals surface area contributed by atoms with Crippen LogP contribution in [0.25, 0.3) is 10.6 Å². The summed E-state index contributed by atoms with van der Waals surface area (Å²) in [6.45, 7) is 1.03. The summed E-state index contributed by atoms with van der Waals surface area (Å²) in [7, 11) is 0. The van der Waals surface area contributed by atoms with Gasteiger partial charge in [0.15, 0.2) is 0 Å². The van der Waals surface area contributed by atoms with Gasteiger partial charge in [0.1, 0.15) is 10.8 Å². The lowest BCUT2D eigenvalue weighted by Crippen LogP contribution is -2.12. The van der Waals surface area contributed by atoms with Gasteiger partial charge in [-0.1, -0.05) is 11.6 Å². The second kappa shape index (κ2) is 4.96. The van der Waals surface area contributed by atoms with Crippen molar-refractivity contribution in [2.75, 3.05) is 6.54 Å². The fraction of sp³-hybridized carbons (Fsp3) is 0.308. The van der Waals surface area contributed by atoms with Crippen molar-refractivity contribution < 1.29 is 4.39 Å². The van der Waals surface area contributed by atoms with Crippen LogP contribution < -0.4 is 5.32 Å². The van der Waals surface area contributed by atoms with Gasteiger partial charge in [0, 0.05) is 16.0 Å². The molecule has 2 heterocycles. The van der Waals surface area contributed by atoms with E-state index in [0.29, 0.717) is 21.6 Å². The minimum absolute atomic E-state index is 0.317. The molecule has 0 spiro atoms. The molecule has 0 saturated carbocycles. The zero-order valence-corrected chi connectivity index (χ0v) is 11.2. The van der Waals surface area contributed by atoms with E-state index in [1.54, 1.807) is 12.1 Å². The van der Waals surface area contributed by atoms with Gasteiger partial charge in [0.05, 0.1) is 11.7 Å². The van der Waals surface area contributed by atoms with Crippen LogP contribution in [0.2, 0.25) is 5.02 Å². The van der Waals surface area contributed by atoms with Gasteiger partial charge in [-0.15, -0.1) is 11.3 Å². The predicted octanol–water partition coefficient (Wildman–Crippen LogP) is 4.03. The van der Waals surface area contributed by atoms with E-state index in [9.17, 15) is 4.39 Å². The summed E-state index contributed by atoms with van der Waals surface area (Å²) < 4.78 is 13.8. The highest BCUT2D eigenvalue weighted by Gasteiger charge is 2.20. The summed E-state index contributed by atoms with van der Waals surface area (Å²) in [4.78, 5) is 4.53. The van der Waals surface area contributed by atoms with Crippen molar-refractivity contribution in [3.8, 4) is 10.6 Å². The second-order valence-corrected chi connectivity index (χ2v) is 5.65. The van der Waals surface area contributed by atoms with E-state index in [4.69, 9.17) is 11.6 Å². The van der Waals surface area contributed by atoms with Crippen LogP contribution >= 0.6 is 22.9 Å². The lowest BCUT2D eigenvalue weighted by Gasteiger charge is -2.05. The molecular formula is C13H12ClFN2S. The van der Waals surface area contributed by atoms with Crippen LogP contribution in [0.4, 0.5) is 4.39 Å². The molecule has 3 rings (SSSR count). The fourth-order valence-electron chi connectivity index (χ4n) is 2.17. The molecule has 1 aromatic heterocycles. The summed E-state index contributed by atoms with van der Waals surface area (Å²) in [5.74, 6) is -0.317. The highest BCUT2D eigenvalue weighted by molar-refractivity contribution is 7.13. The van der Waals surface area contributed by atoms with E-state index in [0.717, 1.165) is 18.7 Å². The molecule has 1 atom stereocenters. The molecular weight excluding hydrogens is 271 g/mol. The normalized spacial score (nSPS) is 19.3. The van der Waals surface area contributed by atoms with E-state index < -0.39 is 0 Å². The molecule has 2 aromatic rings. The van der Waals surface area contributed by atoms with Gasteiger partial charge >= 0.3 is 0 Å². The van der Waals surface area contributed by atoms with Gasteiger partial charge in [0.2, 0.25) is 0 Å². The Morgan fingerprint density at radius 3 is 3.06 bits per heavy atom. The lowest BCUT2D eigenvalue weighted by molar-refractivity contribution is 0.626. The van der Waals surface area contributed by atoms with Crippen molar-refractivity contribution in [3.63, 3.8) is 0 Å². The predicted molar refractivity (Wildman–Crippen MR) is 72.5 cm³/mol. The van der Waals surface area contributed by atoms with Crippen molar-refractivity contribution >= 4 is 22.9 Å². The van der Waals surface area contributed by atoms with Gasteiger partial charge < -0.3 is 5.32 Å². The second-order valence-electron chi connectivity index (χ2n) is 4.35. The SMILES string of the molecule is Fc1cc(Cl)ccc1-c1nc([C@@H]2CCCN2)cs1. The number of nitrogens with zero attached hydrogens (tertiary/aromatic N) is 1. The Balaban J connectivity index is 1.92. The zero-order valence-electron chi connectivity index (χ0n) is 9.62. The maximum Gasteiger partial charge on any atom is 0.134 e. The van der Waals surface area contributed by atoms with Crippen molar-refractivity contribution in [3.05, 3.63) is 40.1 Å². The Kier molecular flexibility index (Phi) is 3.33. The number of benzene rings is 1. The third-order valence-corrected chi connectivity index (χ3v) is 4.23. The molecule has 5 heteroatoms. The molecule has 1 fully saturated rings. The standard InChI is InChI=1S/C13H12ClFN2S/c14-8-3-4-9(10(15)6-8)13-17-12(7-18-13)11-2-1-5-16-11/h3-4,6-7,11,16H,1-2,5H2/t11-/m0/s1. The van der Waals surface area contributed by atoms with E-state index in [2.05, 4.69) is 10.3 Å². The van der Waals surface area contributed by atoms with Crippen molar-refractivity contribution in [1.82, 2.24) is 10.3 Å². The van der Waals surface area contributed by atoms with E-state index in [-0.39, 0.29) is 5.82 Å². The molecule has 1 aliphatic heterocycles. The molecule has 0 bridgehead atoms. The van der Waals surface area contributed by atoms with Gasteiger partial charge in [-0.3, -0.25) is 0 Å². The Morgan fingerprint density at radius 2 is 2.33 bits per heavy atom. The van der Waals surface area contributed by atoms with Crippen LogP contribution in [0.5, 0.6) is 0 Å². The number of thiazole rings is 1. The van der Waals surface area contributed by atoms with Crippen LogP contribution in [-0.2, 0) is 0 Å². The smallest absolute Gasteiger partial charge is 0.134 e. The maximum absolute atomic E-state index is 13.8. The molecule has 1 aliphatic rings. The first-order valence-corrected chi connectivity index (χ1v) is 7.14. The van der Waals surface area contributed by atoms with Crippen LogP contribution in [0.1, 0.15) is 24.6 Å². The first kappa shape index (κ1) is 12.1. The molecule has 1 aromatic carbocycles. The van der Waals surface area contributed by atoms with Crippen molar-refractivity contribution in [2.45, 2.75) is 18.9 Å². The first-order chi connectivity index (χ1) is 8.74. The molecule has 18 heavy (non-hydrogen) atoms. The van der Waals surface area contributed by atoms with E-state index >= 15 is 0 Å². The largest absolute Gasteiger partial charge is 0.309 e. The van der Waals surface area contributed by atoms with E-state index in [1.807, 2.05) is 5.38 Å². The summed E-state index contributed by atoms with van der Waals surface area (Å²) in [6, 6.07) is 5.02. The fourth-order valence-corrected chi connectivity index (χ4v) is 3.23. The quantitative estimate of drug-likeness (QED) is 0.900. The Labute approximate surface area is 114 Å². The summed E-state index contributed by atoms with van der Waals surface area (Å²) in [6.07, 6.45) is 2.28. The number of hydrogen-bond acceptors (Lipinski definition) is 3. The van der Waals surface area contributed by atoms with Gasteiger partial charge in [-0.05, 0) is 37.6 Å². The Bertz CT molecular complexity index is 564. The highest BCUT2D eigenvalue weighted by Crippen LogP contribution is 2.31. The van der Waals surface area contributed by atoms with Gasteiger partial charge in [-0.2, -0.15) is 0 Å². The molecule has 94 valence electrons. The molecule has 0 radical (unpaired) electrons. The number of halogens is 2. The molecule has 1 saturated heterocycles. The molecule has 2 nitrogen and oxygen atoms in total. The van der Waals surface area contributed by atoms with Crippen molar-refractivity contribution in [1.29, 1.82) is 0 Å². The minimum Gasteiger partial charge on any atom is -0.309 e. The first-order valence-electron chi connectivity index (χ1n) is 5.88. The van der Waals surface area contributed by atoms with E-state index in [1.165, 1.54) is 23.8 Å². The third kappa shape index (κ3) is 2.28. The number of aromatic nitrogens is 1. The maximum atomic E-state index is 13.8. The molecule has 0 aliphatic carbocycles. The summed E-state index contributed by atoms with van der Waals surface area (Å²) >= 11 is 7.22. The van der Waals surface area contributed by atoms with Crippen LogP contribution in [0.3, 0.4) is 0 Å². The molecule has 1 N–H and O–H groups in total. The average Bonchev–Trinajstić information content (AvgIpc) is 2.99. The van der Waals surface area contributed by atoms with Crippen molar-refractivity contribution in [2.24, 2.45) is 0 Å². The van der Waals surface area contributed by atoms with Crippen LogP contribution in [0, 0.1) is 5.82 Å². The van der Waals surface area contributed by atoms with Gasteiger partial charge in [-0.25, -0.2) is 9.37 Å².